The number of ether oxygens (including phenoxy) is 1. The van der Waals surface area contributed by atoms with Gasteiger partial charge in [-0.15, -0.1) is 35.3 Å². The molecule has 1 aliphatic rings. The normalized spacial score (nSPS) is 14.7. The second kappa shape index (κ2) is 9.58. The van der Waals surface area contributed by atoms with Gasteiger partial charge in [0, 0.05) is 25.1 Å². The smallest absolute Gasteiger partial charge is 0.191 e. The van der Waals surface area contributed by atoms with Crippen LogP contribution < -0.4 is 10.6 Å². The van der Waals surface area contributed by atoms with E-state index < -0.39 is 0 Å². The van der Waals surface area contributed by atoms with E-state index in [9.17, 15) is 0 Å². The molecule has 21 heavy (non-hydrogen) atoms. The second-order valence-electron chi connectivity index (χ2n) is 5.11. The molecule has 0 radical (unpaired) electrons. The number of halogens is 1. The summed E-state index contributed by atoms with van der Waals surface area (Å²) in [5, 5.41) is 7.67. The van der Waals surface area contributed by atoms with Crippen molar-refractivity contribution in [2.45, 2.75) is 33.2 Å². The molecule has 1 fully saturated rings. The molecule has 1 saturated carbocycles. The van der Waals surface area contributed by atoms with E-state index in [2.05, 4.69) is 20.6 Å². The van der Waals surface area contributed by atoms with Crippen molar-refractivity contribution in [1.29, 1.82) is 0 Å². The van der Waals surface area contributed by atoms with Gasteiger partial charge in [-0.3, -0.25) is 4.99 Å². The minimum Gasteiger partial charge on any atom is -0.379 e. The number of nitrogens with zero attached hydrogens (tertiary/aromatic N) is 2. The third kappa shape index (κ3) is 6.92. The van der Waals surface area contributed by atoms with Crippen molar-refractivity contribution >= 4 is 41.3 Å². The monoisotopic (exact) mass is 424 g/mol. The minimum absolute atomic E-state index is 0. The first-order chi connectivity index (χ1) is 9.69. The van der Waals surface area contributed by atoms with E-state index in [1.165, 1.54) is 17.7 Å². The molecule has 1 aromatic rings. The average molecular weight is 424 g/mol. The zero-order valence-corrected chi connectivity index (χ0v) is 16.1. The number of thiazole rings is 1. The van der Waals surface area contributed by atoms with Crippen molar-refractivity contribution in [2.24, 2.45) is 10.9 Å². The number of nitrogens with one attached hydrogen (secondary N) is 2. The standard InChI is InChI=1S/C14H24N4OS.HI/c1-10-13(20-11(2)18-10)8-17-14(15-3)16-6-7-19-9-12-4-5-12;/h12H,4-9H2,1-3H3,(H2,15,16,17);1H. The zero-order valence-electron chi connectivity index (χ0n) is 12.9. The molecule has 0 amide bonds. The quantitative estimate of drug-likeness (QED) is 0.306. The van der Waals surface area contributed by atoms with Crippen LogP contribution in [-0.4, -0.2) is 37.7 Å². The number of rotatable bonds is 7. The van der Waals surface area contributed by atoms with Crippen LogP contribution in [0.4, 0.5) is 0 Å². The molecule has 0 aromatic carbocycles. The summed E-state index contributed by atoms with van der Waals surface area (Å²) in [6, 6.07) is 0. The third-order valence-electron chi connectivity index (χ3n) is 3.23. The van der Waals surface area contributed by atoms with Gasteiger partial charge in [0.15, 0.2) is 5.96 Å². The summed E-state index contributed by atoms with van der Waals surface area (Å²) in [5.41, 5.74) is 1.10. The summed E-state index contributed by atoms with van der Waals surface area (Å²) < 4.78 is 5.58. The van der Waals surface area contributed by atoms with Crippen molar-refractivity contribution in [3.63, 3.8) is 0 Å². The molecule has 2 rings (SSSR count). The second-order valence-corrected chi connectivity index (χ2v) is 6.40. The summed E-state index contributed by atoms with van der Waals surface area (Å²) in [4.78, 5) is 9.89. The maximum absolute atomic E-state index is 5.58. The SMILES string of the molecule is CN=C(NCCOCC1CC1)NCc1sc(C)nc1C.I. The van der Waals surface area contributed by atoms with Crippen LogP contribution in [0.15, 0.2) is 4.99 Å². The maximum Gasteiger partial charge on any atom is 0.191 e. The summed E-state index contributed by atoms with van der Waals surface area (Å²) in [5.74, 6) is 1.63. The lowest BCUT2D eigenvalue weighted by Crippen LogP contribution is -2.38. The van der Waals surface area contributed by atoms with E-state index in [0.717, 1.165) is 48.9 Å². The Morgan fingerprint density at radius 2 is 2.14 bits per heavy atom. The highest BCUT2D eigenvalue weighted by atomic mass is 127. The van der Waals surface area contributed by atoms with Crippen molar-refractivity contribution in [2.75, 3.05) is 26.8 Å². The molecule has 1 aromatic heterocycles. The minimum atomic E-state index is 0. The third-order valence-corrected chi connectivity index (χ3v) is 4.30. The van der Waals surface area contributed by atoms with Crippen LogP contribution in [-0.2, 0) is 11.3 Å². The summed E-state index contributed by atoms with van der Waals surface area (Å²) in [6.45, 7) is 7.27. The lowest BCUT2D eigenvalue weighted by atomic mass is 10.4. The van der Waals surface area contributed by atoms with Gasteiger partial charge in [0.2, 0.25) is 0 Å². The van der Waals surface area contributed by atoms with Gasteiger partial charge in [0.1, 0.15) is 0 Å². The predicted molar refractivity (Wildman–Crippen MR) is 98.7 cm³/mol. The van der Waals surface area contributed by atoms with E-state index in [1.807, 2.05) is 13.8 Å². The van der Waals surface area contributed by atoms with Crippen LogP contribution in [0.2, 0.25) is 0 Å². The molecule has 0 saturated heterocycles. The van der Waals surface area contributed by atoms with E-state index in [4.69, 9.17) is 4.74 Å². The van der Waals surface area contributed by atoms with Gasteiger partial charge in [0.05, 0.1) is 23.9 Å². The Labute approximate surface area is 148 Å². The maximum atomic E-state index is 5.58. The highest BCUT2D eigenvalue weighted by Crippen LogP contribution is 2.28. The topological polar surface area (TPSA) is 58.5 Å². The first-order valence-corrected chi connectivity index (χ1v) is 7.96. The lowest BCUT2D eigenvalue weighted by molar-refractivity contribution is 0.129. The number of hydrogen-bond donors (Lipinski definition) is 2. The van der Waals surface area contributed by atoms with Crippen LogP contribution in [0.25, 0.3) is 0 Å². The van der Waals surface area contributed by atoms with Gasteiger partial charge in [-0.2, -0.15) is 0 Å². The fraction of sp³-hybridized carbons (Fsp3) is 0.714. The molecule has 120 valence electrons. The molecule has 0 spiro atoms. The van der Waals surface area contributed by atoms with Gasteiger partial charge < -0.3 is 15.4 Å². The van der Waals surface area contributed by atoms with E-state index >= 15 is 0 Å². The average Bonchev–Trinajstić information content (AvgIpc) is 3.18. The summed E-state index contributed by atoms with van der Waals surface area (Å²) in [6.07, 6.45) is 2.68. The van der Waals surface area contributed by atoms with Gasteiger partial charge >= 0.3 is 0 Å². The van der Waals surface area contributed by atoms with Crippen LogP contribution in [0, 0.1) is 19.8 Å². The van der Waals surface area contributed by atoms with Gasteiger partial charge in [-0.1, -0.05) is 0 Å². The van der Waals surface area contributed by atoms with Crippen molar-refractivity contribution in [3.05, 3.63) is 15.6 Å². The number of aromatic nitrogens is 1. The molecular formula is C14H25IN4OS. The molecule has 7 heteroatoms. The van der Waals surface area contributed by atoms with Crippen LogP contribution in [0.1, 0.15) is 28.4 Å². The van der Waals surface area contributed by atoms with E-state index in [0.29, 0.717) is 0 Å². The van der Waals surface area contributed by atoms with Crippen molar-refractivity contribution in [3.8, 4) is 0 Å². The lowest BCUT2D eigenvalue weighted by Gasteiger charge is -2.11. The molecule has 1 heterocycles. The first-order valence-electron chi connectivity index (χ1n) is 7.14. The molecule has 0 aliphatic heterocycles. The Morgan fingerprint density at radius 1 is 1.38 bits per heavy atom. The van der Waals surface area contributed by atoms with Crippen LogP contribution >= 0.6 is 35.3 Å². The molecule has 5 nitrogen and oxygen atoms in total. The molecule has 0 atom stereocenters. The number of guanidine groups is 1. The largest absolute Gasteiger partial charge is 0.379 e. The summed E-state index contributed by atoms with van der Waals surface area (Å²) in [7, 11) is 1.78. The van der Waals surface area contributed by atoms with Gasteiger partial charge in [0.25, 0.3) is 0 Å². The Morgan fingerprint density at radius 3 is 2.71 bits per heavy atom. The molecule has 1 aliphatic carbocycles. The Hall–Kier alpha value is -0.410. The number of aryl methyl sites for hydroxylation is 2. The molecular weight excluding hydrogens is 399 g/mol. The fourth-order valence-electron chi connectivity index (χ4n) is 1.90. The highest BCUT2D eigenvalue weighted by molar-refractivity contribution is 14.0. The predicted octanol–water partition coefficient (Wildman–Crippen LogP) is 2.47. The van der Waals surface area contributed by atoms with Crippen LogP contribution in [0.5, 0.6) is 0 Å². The highest BCUT2D eigenvalue weighted by Gasteiger charge is 2.20. The first kappa shape index (κ1) is 18.6. The fourth-order valence-corrected chi connectivity index (χ4v) is 2.78. The Balaban J connectivity index is 0.00000220. The van der Waals surface area contributed by atoms with Gasteiger partial charge in [-0.05, 0) is 32.6 Å². The summed E-state index contributed by atoms with van der Waals surface area (Å²) >= 11 is 1.73. The van der Waals surface area contributed by atoms with E-state index in [-0.39, 0.29) is 24.0 Å². The Bertz CT molecular complexity index is 460. The van der Waals surface area contributed by atoms with Crippen LogP contribution in [0.3, 0.4) is 0 Å². The Kier molecular flexibility index (Phi) is 8.50. The number of aliphatic imine (C=N–C) groups is 1. The zero-order chi connectivity index (χ0) is 14.4. The molecule has 2 N–H and O–H groups in total. The van der Waals surface area contributed by atoms with Crippen molar-refractivity contribution < 1.29 is 4.74 Å². The molecule has 0 bridgehead atoms. The number of hydrogen-bond acceptors (Lipinski definition) is 4. The molecule has 0 unspecified atom stereocenters. The van der Waals surface area contributed by atoms with E-state index in [1.54, 1.807) is 18.4 Å². The van der Waals surface area contributed by atoms with Crippen molar-refractivity contribution in [1.82, 2.24) is 15.6 Å². The van der Waals surface area contributed by atoms with Gasteiger partial charge in [-0.25, -0.2) is 4.98 Å².